The Morgan fingerprint density at radius 2 is 2.05 bits per heavy atom. The Morgan fingerprint density at radius 1 is 1.40 bits per heavy atom. The Bertz CT molecular complexity index is 519. The number of anilines is 1. The van der Waals surface area contributed by atoms with Crippen molar-refractivity contribution < 1.29 is 22.7 Å². The van der Waals surface area contributed by atoms with E-state index in [0.29, 0.717) is 13.0 Å². The Kier molecular flexibility index (Phi) is 3.64. The molecule has 7 heteroatoms. The number of rotatable bonds is 3. The molecule has 1 aromatic carbocycles. The molecule has 0 bridgehead atoms. The van der Waals surface area contributed by atoms with Crippen LogP contribution in [0.15, 0.2) is 24.3 Å². The predicted octanol–water partition coefficient (Wildman–Crippen LogP) is 2.77. The zero-order valence-electron chi connectivity index (χ0n) is 10.9. The van der Waals surface area contributed by atoms with Crippen LogP contribution in [0.5, 0.6) is 0 Å². The van der Waals surface area contributed by atoms with E-state index >= 15 is 0 Å². The van der Waals surface area contributed by atoms with Gasteiger partial charge < -0.3 is 10.5 Å². The van der Waals surface area contributed by atoms with Gasteiger partial charge in [0.25, 0.3) is 0 Å². The molecule has 110 valence electrons. The zero-order chi connectivity index (χ0) is 15.0. The molecule has 0 aromatic heterocycles. The predicted molar refractivity (Wildman–Crippen MR) is 67.3 cm³/mol. The number of carbonyl (C=O) groups excluding carboxylic acids is 1. The third-order valence-corrected chi connectivity index (χ3v) is 3.22. The summed E-state index contributed by atoms with van der Waals surface area (Å²) in [6.07, 6.45) is -4.91. The molecule has 2 rings (SSSR count). The first kappa shape index (κ1) is 14.6. The van der Waals surface area contributed by atoms with Crippen molar-refractivity contribution in [3.63, 3.8) is 0 Å². The van der Waals surface area contributed by atoms with Crippen LogP contribution < -0.4 is 10.6 Å². The number of hydrogen-bond acceptors (Lipinski definition) is 3. The molecule has 1 aromatic rings. The molecule has 1 heterocycles. The van der Waals surface area contributed by atoms with Crippen molar-refractivity contribution in [2.45, 2.75) is 25.1 Å². The average molecular weight is 288 g/mol. The SMILES string of the molecule is CC1(CCN)CN(c2ccccc2C(F)(F)F)C(=O)O1. The zero-order valence-corrected chi connectivity index (χ0v) is 10.9. The van der Waals surface area contributed by atoms with Crippen molar-refractivity contribution in [3.8, 4) is 0 Å². The first-order chi connectivity index (χ1) is 9.27. The second kappa shape index (κ2) is 4.97. The van der Waals surface area contributed by atoms with Crippen molar-refractivity contribution in [1.82, 2.24) is 0 Å². The fourth-order valence-corrected chi connectivity index (χ4v) is 2.26. The Morgan fingerprint density at radius 3 is 2.65 bits per heavy atom. The number of hydrogen-bond donors (Lipinski definition) is 1. The normalized spacial score (nSPS) is 23.1. The van der Waals surface area contributed by atoms with Crippen LogP contribution in [0.4, 0.5) is 23.7 Å². The molecule has 2 N–H and O–H groups in total. The van der Waals surface area contributed by atoms with Crippen LogP contribution in [0, 0.1) is 0 Å². The molecule has 0 spiro atoms. The maximum atomic E-state index is 13.0. The van der Waals surface area contributed by atoms with Crippen LogP contribution in [0.2, 0.25) is 0 Å². The molecule has 0 radical (unpaired) electrons. The molecule has 1 aliphatic rings. The van der Waals surface area contributed by atoms with Crippen molar-refractivity contribution in [2.75, 3.05) is 18.0 Å². The summed E-state index contributed by atoms with van der Waals surface area (Å²) in [5.74, 6) is 0. The number of amides is 1. The molecule has 1 saturated heterocycles. The quantitative estimate of drug-likeness (QED) is 0.930. The van der Waals surface area contributed by atoms with Crippen LogP contribution in [-0.2, 0) is 10.9 Å². The maximum Gasteiger partial charge on any atom is 0.418 e. The summed E-state index contributed by atoms with van der Waals surface area (Å²) >= 11 is 0. The summed E-state index contributed by atoms with van der Waals surface area (Å²) in [6.45, 7) is 2.00. The van der Waals surface area contributed by atoms with Crippen LogP contribution in [0.3, 0.4) is 0 Å². The number of carbonyl (C=O) groups is 1. The molecule has 1 unspecified atom stereocenters. The number of ether oxygens (including phenoxy) is 1. The summed E-state index contributed by atoms with van der Waals surface area (Å²) in [5.41, 5.74) is 3.53. The number of halogens is 3. The van der Waals surface area contributed by atoms with Crippen molar-refractivity contribution in [1.29, 1.82) is 0 Å². The molecule has 1 aliphatic heterocycles. The van der Waals surface area contributed by atoms with Gasteiger partial charge in [-0.15, -0.1) is 0 Å². The molecule has 4 nitrogen and oxygen atoms in total. The summed E-state index contributed by atoms with van der Waals surface area (Å²) in [5, 5.41) is 0. The number of cyclic esters (lactones) is 1. The molecule has 0 saturated carbocycles. The highest BCUT2D eigenvalue weighted by atomic mass is 19.4. The van der Waals surface area contributed by atoms with Gasteiger partial charge in [0, 0.05) is 6.42 Å². The van der Waals surface area contributed by atoms with E-state index in [9.17, 15) is 18.0 Å². The van der Waals surface area contributed by atoms with E-state index in [1.165, 1.54) is 18.2 Å². The highest BCUT2D eigenvalue weighted by molar-refractivity contribution is 5.91. The van der Waals surface area contributed by atoms with E-state index in [4.69, 9.17) is 10.5 Å². The maximum absolute atomic E-state index is 13.0. The minimum atomic E-state index is -4.52. The molecule has 1 amide bonds. The molecular formula is C13H15F3N2O2. The standard InChI is InChI=1S/C13H15F3N2O2/c1-12(6-7-17)8-18(11(19)20-12)10-5-3-2-4-9(10)13(14,15)16/h2-5H,6-8,17H2,1H3. The lowest BCUT2D eigenvalue weighted by atomic mass is 10.0. The summed E-state index contributed by atoms with van der Waals surface area (Å²) in [6, 6.07) is 4.95. The van der Waals surface area contributed by atoms with E-state index in [1.54, 1.807) is 6.92 Å². The van der Waals surface area contributed by atoms with E-state index in [-0.39, 0.29) is 12.2 Å². The molecule has 20 heavy (non-hydrogen) atoms. The lowest BCUT2D eigenvalue weighted by Crippen LogP contribution is -2.34. The van der Waals surface area contributed by atoms with Gasteiger partial charge in [0.15, 0.2) is 0 Å². The second-order valence-electron chi connectivity index (χ2n) is 4.96. The smallest absolute Gasteiger partial charge is 0.418 e. The fourth-order valence-electron chi connectivity index (χ4n) is 2.26. The number of benzene rings is 1. The molecule has 1 fully saturated rings. The minimum Gasteiger partial charge on any atom is -0.441 e. The van der Waals surface area contributed by atoms with Crippen molar-refractivity contribution in [2.24, 2.45) is 5.73 Å². The Labute approximate surface area is 114 Å². The van der Waals surface area contributed by atoms with Gasteiger partial charge in [-0.1, -0.05) is 12.1 Å². The number of nitrogens with two attached hydrogens (primary N) is 1. The molecular weight excluding hydrogens is 273 g/mol. The first-order valence-electron chi connectivity index (χ1n) is 6.14. The van der Waals surface area contributed by atoms with Gasteiger partial charge in [-0.2, -0.15) is 13.2 Å². The van der Waals surface area contributed by atoms with Crippen LogP contribution in [-0.4, -0.2) is 24.8 Å². The Balaban J connectivity index is 2.36. The second-order valence-corrected chi connectivity index (χ2v) is 4.96. The minimum absolute atomic E-state index is 0.0517. The lowest BCUT2D eigenvalue weighted by molar-refractivity contribution is -0.137. The van der Waals surface area contributed by atoms with Gasteiger partial charge in [-0.05, 0) is 25.6 Å². The fraction of sp³-hybridized carbons (Fsp3) is 0.462. The van der Waals surface area contributed by atoms with Crippen molar-refractivity contribution in [3.05, 3.63) is 29.8 Å². The lowest BCUT2D eigenvalue weighted by Gasteiger charge is -2.22. The number of para-hydroxylation sites is 1. The van der Waals surface area contributed by atoms with Gasteiger partial charge in [0.05, 0.1) is 17.8 Å². The molecule has 0 aliphatic carbocycles. The topological polar surface area (TPSA) is 55.6 Å². The highest BCUT2D eigenvalue weighted by Gasteiger charge is 2.44. The van der Waals surface area contributed by atoms with Crippen LogP contribution in [0.25, 0.3) is 0 Å². The third kappa shape index (κ3) is 2.72. The van der Waals surface area contributed by atoms with Gasteiger partial charge in [0.1, 0.15) is 5.60 Å². The summed E-state index contributed by atoms with van der Waals surface area (Å²) in [7, 11) is 0. The summed E-state index contributed by atoms with van der Waals surface area (Å²) in [4.78, 5) is 12.9. The number of nitrogens with zero attached hydrogens (tertiary/aromatic N) is 1. The van der Waals surface area contributed by atoms with Crippen LogP contribution >= 0.6 is 0 Å². The van der Waals surface area contributed by atoms with Gasteiger partial charge in [-0.3, -0.25) is 4.90 Å². The van der Waals surface area contributed by atoms with Crippen molar-refractivity contribution >= 4 is 11.8 Å². The van der Waals surface area contributed by atoms with Gasteiger partial charge in [0.2, 0.25) is 0 Å². The van der Waals surface area contributed by atoms with Crippen LogP contribution in [0.1, 0.15) is 18.9 Å². The molecule has 1 atom stereocenters. The van der Waals surface area contributed by atoms with Gasteiger partial charge in [-0.25, -0.2) is 4.79 Å². The number of alkyl halides is 3. The van der Waals surface area contributed by atoms with E-state index in [1.807, 2.05) is 0 Å². The Hall–Kier alpha value is -1.76. The van der Waals surface area contributed by atoms with E-state index in [0.717, 1.165) is 11.0 Å². The average Bonchev–Trinajstić information content (AvgIpc) is 2.64. The monoisotopic (exact) mass is 288 g/mol. The van der Waals surface area contributed by atoms with E-state index < -0.39 is 23.4 Å². The summed E-state index contributed by atoms with van der Waals surface area (Å²) < 4.78 is 44.1. The van der Waals surface area contributed by atoms with E-state index in [2.05, 4.69) is 0 Å². The largest absolute Gasteiger partial charge is 0.441 e. The first-order valence-corrected chi connectivity index (χ1v) is 6.14. The van der Waals surface area contributed by atoms with Gasteiger partial charge >= 0.3 is 12.3 Å². The third-order valence-electron chi connectivity index (χ3n) is 3.22. The highest BCUT2D eigenvalue weighted by Crippen LogP contribution is 2.39.